The van der Waals surface area contributed by atoms with Crippen LogP contribution < -0.4 is 11.3 Å². The lowest BCUT2D eigenvalue weighted by Gasteiger charge is -2.15. The zero-order chi connectivity index (χ0) is 14.4. The number of hydrogen-bond acceptors (Lipinski definition) is 5. The summed E-state index contributed by atoms with van der Waals surface area (Å²) in [6.07, 6.45) is 7.55. The summed E-state index contributed by atoms with van der Waals surface area (Å²) in [4.78, 5) is 10.4. The number of ether oxygens (including phenoxy) is 1. The second kappa shape index (κ2) is 7.21. The van der Waals surface area contributed by atoms with Crippen LogP contribution in [0.5, 0.6) is 0 Å². The molecule has 0 heterocycles. The minimum Gasteiger partial charge on any atom is -0.374 e. The van der Waals surface area contributed by atoms with E-state index < -0.39 is 4.92 Å². The van der Waals surface area contributed by atoms with Gasteiger partial charge in [-0.05, 0) is 30.5 Å². The van der Waals surface area contributed by atoms with E-state index in [1.54, 1.807) is 12.1 Å². The first-order valence-electron chi connectivity index (χ1n) is 7.06. The number of hydrazine groups is 1. The van der Waals surface area contributed by atoms with Crippen molar-refractivity contribution in [3.63, 3.8) is 0 Å². The largest absolute Gasteiger partial charge is 0.374 e. The fourth-order valence-corrected chi connectivity index (χ4v) is 2.57. The molecule has 0 bridgehead atoms. The van der Waals surface area contributed by atoms with Crippen molar-refractivity contribution in [2.75, 3.05) is 5.43 Å². The minimum absolute atomic E-state index is 0.0225. The van der Waals surface area contributed by atoms with E-state index in [-0.39, 0.29) is 5.69 Å². The Bertz CT molecular complexity index is 457. The van der Waals surface area contributed by atoms with E-state index in [0.717, 1.165) is 18.4 Å². The molecule has 1 aromatic carbocycles. The van der Waals surface area contributed by atoms with Crippen LogP contribution in [0.2, 0.25) is 0 Å². The fourth-order valence-electron chi connectivity index (χ4n) is 2.57. The third-order valence-corrected chi connectivity index (χ3v) is 3.70. The lowest BCUT2D eigenvalue weighted by molar-refractivity contribution is -0.384. The van der Waals surface area contributed by atoms with Gasteiger partial charge < -0.3 is 10.2 Å². The first-order chi connectivity index (χ1) is 9.70. The molecule has 2 rings (SSSR count). The van der Waals surface area contributed by atoms with E-state index in [2.05, 4.69) is 5.43 Å². The lowest BCUT2D eigenvalue weighted by atomic mass is 10.1. The summed E-state index contributed by atoms with van der Waals surface area (Å²) in [6.45, 7) is 0.470. The van der Waals surface area contributed by atoms with Gasteiger partial charge in [0.05, 0.1) is 17.6 Å². The van der Waals surface area contributed by atoms with Crippen molar-refractivity contribution in [3.05, 3.63) is 33.9 Å². The zero-order valence-electron chi connectivity index (χ0n) is 11.5. The maximum absolute atomic E-state index is 10.8. The molecule has 0 aromatic heterocycles. The van der Waals surface area contributed by atoms with Crippen LogP contribution in [0.25, 0.3) is 0 Å². The molecule has 0 atom stereocenters. The average molecular weight is 279 g/mol. The Morgan fingerprint density at radius 3 is 2.60 bits per heavy atom. The Balaban J connectivity index is 1.97. The van der Waals surface area contributed by atoms with E-state index >= 15 is 0 Å². The molecule has 1 fully saturated rings. The molecule has 20 heavy (non-hydrogen) atoms. The van der Waals surface area contributed by atoms with Crippen molar-refractivity contribution < 1.29 is 9.66 Å². The van der Waals surface area contributed by atoms with Crippen molar-refractivity contribution in [1.29, 1.82) is 0 Å². The molecule has 110 valence electrons. The summed E-state index contributed by atoms with van der Waals surface area (Å²) in [5, 5.41) is 10.8. The van der Waals surface area contributed by atoms with Crippen LogP contribution >= 0.6 is 0 Å². The van der Waals surface area contributed by atoms with E-state index in [1.807, 2.05) is 0 Å². The van der Waals surface area contributed by atoms with Gasteiger partial charge in [0.2, 0.25) is 0 Å². The smallest absolute Gasteiger partial charge is 0.293 e. The highest BCUT2D eigenvalue weighted by atomic mass is 16.6. The first-order valence-corrected chi connectivity index (χ1v) is 7.06. The molecule has 0 saturated heterocycles. The molecule has 1 aliphatic carbocycles. The maximum atomic E-state index is 10.8. The quantitative estimate of drug-likeness (QED) is 0.374. The number of nitrogens with two attached hydrogens (primary N) is 1. The zero-order valence-corrected chi connectivity index (χ0v) is 11.5. The average Bonchev–Trinajstić information content (AvgIpc) is 2.73. The van der Waals surface area contributed by atoms with Gasteiger partial charge in [-0.2, -0.15) is 0 Å². The Hall–Kier alpha value is -1.66. The van der Waals surface area contributed by atoms with Crippen molar-refractivity contribution >= 4 is 11.4 Å². The van der Waals surface area contributed by atoms with Crippen LogP contribution in [0.4, 0.5) is 11.4 Å². The number of benzene rings is 1. The van der Waals surface area contributed by atoms with Crippen LogP contribution in [0.1, 0.15) is 44.1 Å². The van der Waals surface area contributed by atoms with Gasteiger partial charge in [-0.15, -0.1) is 0 Å². The van der Waals surface area contributed by atoms with Gasteiger partial charge in [0.1, 0.15) is 5.69 Å². The van der Waals surface area contributed by atoms with Crippen molar-refractivity contribution in [1.82, 2.24) is 0 Å². The highest BCUT2D eigenvalue weighted by Crippen LogP contribution is 2.26. The molecule has 1 aromatic rings. The van der Waals surface area contributed by atoms with Gasteiger partial charge >= 0.3 is 0 Å². The van der Waals surface area contributed by atoms with Crippen LogP contribution in [0, 0.1) is 10.1 Å². The number of anilines is 1. The molecule has 0 spiro atoms. The van der Waals surface area contributed by atoms with Gasteiger partial charge in [0.25, 0.3) is 5.69 Å². The molecule has 0 unspecified atom stereocenters. The van der Waals surface area contributed by atoms with Crippen molar-refractivity contribution in [2.45, 2.75) is 51.2 Å². The number of nitro benzene ring substituents is 1. The van der Waals surface area contributed by atoms with Gasteiger partial charge in [0.15, 0.2) is 0 Å². The summed E-state index contributed by atoms with van der Waals surface area (Å²) in [5.41, 5.74) is 3.56. The molecule has 1 aliphatic rings. The second-order valence-electron chi connectivity index (χ2n) is 5.18. The summed E-state index contributed by atoms with van der Waals surface area (Å²) in [5.74, 6) is 5.32. The van der Waals surface area contributed by atoms with E-state index in [4.69, 9.17) is 10.6 Å². The Labute approximate surface area is 118 Å². The predicted octanol–water partition coefficient (Wildman–Crippen LogP) is 3.12. The standard InChI is InChI=1S/C14H21N3O3/c15-16-13-9-11(7-8-14(13)17(18)19)10-20-12-5-3-1-2-4-6-12/h7-9,12,16H,1-6,10,15H2. The lowest BCUT2D eigenvalue weighted by Crippen LogP contribution is -2.12. The van der Waals surface area contributed by atoms with Gasteiger partial charge in [-0.3, -0.25) is 16.0 Å². The van der Waals surface area contributed by atoms with Crippen molar-refractivity contribution in [3.8, 4) is 0 Å². The Morgan fingerprint density at radius 1 is 1.30 bits per heavy atom. The number of nitrogens with zero attached hydrogens (tertiary/aromatic N) is 1. The number of nitro groups is 1. The molecule has 0 radical (unpaired) electrons. The van der Waals surface area contributed by atoms with Crippen LogP contribution in [0.3, 0.4) is 0 Å². The highest BCUT2D eigenvalue weighted by Gasteiger charge is 2.15. The van der Waals surface area contributed by atoms with E-state index in [1.165, 1.54) is 31.7 Å². The Kier molecular flexibility index (Phi) is 5.31. The summed E-state index contributed by atoms with van der Waals surface area (Å²) in [7, 11) is 0. The van der Waals surface area contributed by atoms with Crippen LogP contribution in [0.15, 0.2) is 18.2 Å². The van der Waals surface area contributed by atoms with Gasteiger partial charge in [-0.1, -0.05) is 25.7 Å². The maximum Gasteiger partial charge on any atom is 0.293 e. The Morgan fingerprint density at radius 2 is 2.00 bits per heavy atom. The van der Waals surface area contributed by atoms with Crippen LogP contribution in [-0.4, -0.2) is 11.0 Å². The SMILES string of the molecule is NNc1cc(COC2CCCCCC2)ccc1[N+](=O)[O-]. The number of hydrogen-bond donors (Lipinski definition) is 2. The second-order valence-corrected chi connectivity index (χ2v) is 5.18. The third kappa shape index (κ3) is 3.91. The summed E-state index contributed by atoms with van der Waals surface area (Å²) < 4.78 is 5.91. The number of rotatable bonds is 5. The molecule has 0 aliphatic heterocycles. The number of nitrogens with one attached hydrogen (secondary N) is 1. The highest BCUT2D eigenvalue weighted by molar-refractivity contribution is 5.61. The fraction of sp³-hybridized carbons (Fsp3) is 0.571. The summed E-state index contributed by atoms with van der Waals surface area (Å²) >= 11 is 0. The number of nitrogen functional groups attached to an aromatic ring is 1. The minimum atomic E-state index is -0.453. The van der Waals surface area contributed by atoms with Gasteiger partial charge in [-0.25, -0.2) is 0 Å². The molecular formula is C14H21N3O3. The van der Waals surface area contributed by atoms with Crippen molar-refractivity contribution in [2.24, 2.45) is 5.84 Å². The predicted molar refractivity (Wildman–Crippen MR) is 77.2 cm³/mol. The topological polar surface area (TPSA) is 90.4 Å². The third-order valence-electron chi connectivity index (χ3n) is 3.70. The van der Waals surface area contributed by atoms with Crippen LogP contribution in [-0.2, 0) is 11.3 Å². The first kappa shape index (κ1) is 14.7. The van der Waals surface area contributed by atoms with Gasteiger partial charge in [0, 0.05) is 6.07 Å². The monoisotopic (exact) mass is 279 g/mol. The molecule has 0 amide bonds. The molecule has 6 nitrogen and oxygen atoms in total. The summed E-state index contributed by atoms with van der Waals surface area (Å²) in [6, 6.07) is 4.85. The molecular weight excluding hydrogens is 258 g/mol. The molecule has 6 heteroatoms. The normalized spacial score (nSPS) is 16.6. The van der Waals surface area contributed by atoms with E-state index in [0.29, 0.717) is 18.4 Å². The van der Waals surface area contributed by atoms with E-state index in [9.17, 15) is 10.1 Å². The molecule has 1 saturated carbocycles. The molecule has 3 N–H and O–H groups in total.